The maximum atomic E-state index is 14.6. The molecule has 4 rings (SSSR count). The highest BCUT2D eigenvalue weighted by Gasteiger charge is 2.40. The average Bonchev–Trinajstić information content (AvgIpc) is 3.21. The molecule has 11 heteroatoms. The zero-order valence-corrected chi connectivity index (χ0v) is 17.3. The highest BCUT2D eigenvalue weighted by atomic mass is 35.5. The van der Waals surface area contributed by atoms with Crippen molar-refractivity contribution in [2.45, 2.75) is 6.18 Å². The Balaban J connectivity index is 1.62. The van der Waals surface area contributed by atoms with Gasteiger partial charge in [-0.1, -0.05) is 17.7 Å². The molecule has 0 bridgehead atoms. The first-order chi connectivity index (χ1) is 15.2. The van der Waals surface area contributed by atoms with Crippen LogP contribution >= 0.6 is 11.6 Å². The molecule has 0 aliphatic carbocycles. The number of nitrogens with one attached hydrogen (secondary N) is 1. The molecule has 1 N–H and O–H groups in total. The number of hydrogen-bond acceptors (Lipinski definition) is 4. The highest BCUT2D eigenvalue weighted by molar-refractivity contribution is 6.30. The summed E-state index contributed by atoms with van der Waals surface area (Å²) < 4.78 is 61.8. The number of alkyl halides is 3. The van der Waals surface area contributed by atoms with Crippen molar-refractivity contribution in [3.8, 4) is 5.69 Å². The van der Waals surface area contributed by atoms with Crippen LogP contribution in [0.25, 0.3) is 5.69 Å². The van der Waals surface area contributed by atoms with Crippen LogP contribution in [0, 0.1) is 5.82 Å². The molecule has 168 valence electrons. The number of amides is 1. The Morgan fingerprint density at radius 1 is 1.12 bits per heavy atom. The third kappa shape index (κ3) is 4.56. The third-order valence-electron chi connectivity index (χ3n) is 4.89. The molecule has 1 aromatic heterocycles. The van der Waals surface area contributed by atoms with Crippen molar-refractivity contribution in [1.29, 1.82) is 0 Å². The normalized spacial score (nSPS) is 14.5. The number of nitrogens with zero attached hydrogens (tertiary/aromatic N) is 3. The number of carbonyl (C=O) groups excluding carboxylic acids is 1. The van der Waals surface area contributed by atoms with Crippen molar-refractivity contribution in [2.75, 3.05) is 36.5 Å². The van der Waals surface area contributed by atoms with E-state index in [4.69, 9.17) is 16.3 Å². The average molecular weight is 469 g/mol. The molecular weight excluding hydrogens is 452 g/mol. The molecule has 0 spiro atoms. The van der Waals surface area contributed by atoms with Gasteiger partial charge in [0.1, 0.15) is 5.82 Å². The topological polar surface area (TPSA) is 59.4 Å². The lowest BCUT2D eigenvalue weighted by Gasteiger charge is -2.29. The largest absolute Gasteiger partial charge is 0.434 e. The molecule has 1 fully saturated rings. The number of carbonyl (C=O) groups is 1. The number of benzene rings is 2. The molecule has 1 aliphatic rings. The van der Waals surface area contributed by atoms with Crippen molar-refractivity contribution in [3.05, 3.63) is 70.8 Å². The minimum atomic E-state index is -4.88. The number of ether oxygens (including phenoxy) is 1. The number of anilines is 2. The smallest absolute Gasteiger partial charge is 0.378 e. The van der Waals surface area contributed by atoms with E-state index in [1.807, 2.05) is 0 Å². The summed E-state index contributed by atoms with van der Waals surface area (Å²) in [6, 6.07) is 9.62. The maximum absolute atomic E-state index is 14.6. The Bertz CT molecular complexity index is 1140. The first kappa shape index (κ1) is 22.1. The van der Waals surface area contributed by atoms with Gasteiger partial charge < -0.3 is 15.0 Å². The summed E-state index contributed by atoms with van der Waals surface area (Å²) in [4.78, 5) is 14.4. The standard InChI is InChI=1S/C21H17ClF4N4O2/c22-13-2-1-3-15(10-13)30-19(21(24,25)26)16(12-27-30)20(31)28-14-4-5-18(17(23)11-14)29-6-8-32-9-7-29/h1-5,10-12H,6-9H2,(H,28,31). The Kier molecular flexibility index (Phi) is 6.07. The Labute approximate surface area is 185 Å². The SMILES string of the molecule is O=C(Nc1ccc(N2CCOCC2)c(F)c1)c1cnn(-c2cccc(Cl)c2)c1C(F)(F)F. The molecule has 0 unspecified atom stereocenters. The molecular formula is C21H17ClF4N4O2. The second-order valence-corrected chi connectivity index (χ2v) is 7.45. The van der Waals surface area contributed by atoms with Crippen LogP contribution in [0.3, 0.4) is 0 Å². The van der Waals surface area contributed by atoms with Crippen LogP contribution in [-0.2, 0) is 10.9 Å². The summed E-state index contributed by atoms with van der Waals surface area (Å²) in [5, 5.41) is 6.27. The van der Waals surface area contributed by atoms with Crippen LogP contribution in [0.2, 0.25) is 5.02 Å². The van der Waals surface area contributed by atoms with Gasteiger partial charge in [-0.3, -0.25) is 4.79 Å². The van der Waals surface area contributed by atoms with E-state index in [9.17, 15) is 22.4 Å². The molecule has 0 atom stereocenters. The van der Waals surface area contributed by atoms with E-state index in [1.54, 1.807) is 4.90 Å². The fourth-order valence-electron chi connectivity index (χ4n) is 3.43. The van der Waals surface area contributed by atoms with Gasteiger partial charge in [-0.25, -0.2) is 9.07 Å². The molecule has 0 saturated carbocycles. The van der Waals surface area contributed by atoms with Crippen molar-refractivity contribution in [3.63, 3.8) is 0 Å². The van der Waals surface area contributed by atoms with Gasteiger partial charge in [0.05, 0.1) is 36.3 Å². The van der Waals surface area contributed by atoms with E-state index < -0.39 is 29.2 Å². The van der Waals surface area contributed by atoms with Gasteiger partial charge in [-0.2, -0.15) is 18.3 Å². The minimum absolute atomic E-state index is 0.0214. The van der Waals surface area contributed by atoms with Gasteiger partial charge in [0.15, 0.2) is 5.69 Å². The summed E-state index contributed by atoms with van der Waals surface area (Å²) in [7, 11) is 0. The van der Waals surface area contributed by atoms with Gasteiger partial charge in [-0.05, 0) is 36.4 Å². The predicted molar refractivity (Wildman–Crippen MR) is 111 cm³/mol. The Morgan fingerprint density at radius 2 is 1.88 bits per heavy atom. The molecule has 1 aliphatic heterocycles. The zero-order valence-electron chi connectivity index (χ0n) is 16.5. The van der Waals surface area contributed by atoms with Crippen LogP contribution in [0.1, 0.15) is 16.1 Å². The summed E-state index contributed by atoms with van der Waals surface area (Å²) in [5.74, 6) is -1.67. The Hall–Kier alpha value is -3.11. The van der Waals surface area contributed by atoms with Crippen LogP contribution < -0.4 is 10.2 Å². The van der Waals surface area contributed by atoms with Gasteiger partial charge in [0.25, 0.3) is 5.91 Å². The first-order valence-corrected chi connectivity index (χ1v) is 9.96. The van der Waals surface area contributed by atoms with Crippen molar-refractivity contribution in [1.82, 2.24) is 9.78 Å². The predicted octanol–water partition coefficient (Wildman–Crippen LogP) is 4.77. The molecule has 1 amide bonds. The summed E-state index contributed by atoms with van der Waals surface area (Å²) in [6.07, 6.45) is -4.06. The van der Waals surface area contributed by atoms with Gasteiger partial charge >= 0.3 is 6.18 Å². The summed E-state index contributed by atoms with van der Waals surface area (Å²) in [6.45, 7) is 1.96. The van der Waals surface area contributed by atoms with E-state index in [0.717, 1.165) is 12.3 Å². The number of aromatic nitrogens is 2. The van der Waals surface area contributed by atoms with Crippen LogP contribution in [0.4, 0.5) is 28.9 Å². The van der Waals surface area contributed by atoms with Gasteiger partial charge in [0.2, 0.25) is 0 Å². The maximum Gasteiger partial charge on any atom is 0.434 e. The van der Waals surface area contributed by atoms with Crippen LogP contribution in [0.15, 0.2) is 48.7 Å². The van der Waals surface area contributed by atoms with E-state index in [0.29, 0.717) is 36.7 Å². The summed E-state index contributed by atoms with van der Waals surface area (Å²) >= 11 is 5.87. The lowest BCUT2D eigenvalue weighted by Crippen LogP contribution is -2.36. The quantitative estimate of drug-likeness (QED) is 0.560. The number of rotatable bonds is 4. The lowest BCUT2D eigenvalue weighted by atomic mass is 10.2. The van der Waals surface area contributed by atoms with Gasteiger partial charge in [0, 0.05) is 23.8 Å². The molecule has 6 nitrogen and oxygen atoms in total. The number of hydrogen-bond donors (Lipinski definition) is 1. The molecule has 1 saturated heterocycles. The second-order valence-electron chi connectivity index (χ2n) is 7.02. The highest BCUT2D eigenvalue weighted by Crippen LogP contribution is 2.34. The summed E-state index contributed by atoms with van der Waals surface area (Å²) in [5.41, 5.74) is -1.56. The minimum Gasteiger partial charge on any atom is -0.378 e. The molecule has 3 aromatic rings. The molecule has 2 aromatic carbocycles. The van der Waals surface area contributed by atoms with E-state index in [2.05, 4.69) is 10.4 Å². The molecule has 2 heterocycles. The first-order valence-electron chi connectivity index (χ1n) is 9.59. The number of halogens is 5. The third-order valence-corrected chi connectivity index (χ3v) is 5.13. The van der Waals surface area contributed by atoms with Crippen molar-refractivity contribution < 1.29 is 27.1 Å². The molecule has 32 heavy (non-hydrogen) atoms. The monoisotopic (exact) mass is 468 g/mol. The Morgan fingerprint density at radius 3 is 2.53 bits per heavy atom. The van der Waals surface area contributed by atoms with Crippen LogP contribution in [-0.4, -0.2) is 42.0 Å². The van der Waals surface area contributed by atoms with E-state index >= 15 is 0 Å². The van der Waals surface area contributed by atoms with Crippen molar-refractivity contribution >= 4 is 28.9 Å². The van der Waals surface area contributed by atoms with Gasteiger partial charge in [-0.15, -0.1) is 0 Å². The fraction of sp³-hybridized carbons (Fsp3) is 0.238. The lowest BCUT2D eigenvalue weighted by molar-refractivity contribution is -0.143. The van der Waals surface area contributed by atoms with E-state index in [1.165, 1.54) is 36.4 Å². The molecule has 0 radical (unpaired) electrons. The second kappa shape index (κ2) is 8.79. The van der Waals surface area contributed by atoms with Crippen molar-refractivity contribution in [2.24, 2.45) is 0 Å². The fourth-order valence-corrected chi connectivity index (χ4v) is 3.62. The van der Waals surface area contributed by atoms with Crippen LogP contribution in [0.5, 0.6) is 0 Å². The zero-order chi connectivity index (χ0) is 22.9. The van der Waals surface area contributed by atoms with E-state index in [-0.39, 0.29) is 16.4 Å². The number of morpholine rings is 1.